The van der Waals surface area contributed by atoms with Crippen molar-refractivity contribution < 1.29 is 14.3 Å². The van der Waals surface area contributed by atoms with E-state index in [-0.39, 0.29) is 0 Å². The normalized spacial score (nSPS) is 10.4. The summed E-state index contributed by atoms with van der Waals surface area (Å²) >= 11 is 5.75. The van der Waals surface area contributed by atoms with E-state index < -0.39 is 5.97 Å². The molecule has 0 radical (unpaired) electrons. The highest BCUT2D eigenvalue weighted by molar-refractivity contribution is 6.30. The third-order valence-electron chi connectivity index (χ3n) is 2.22. The van der Waals surface area contributed by atoms with Gasteiger partial charge in [0.05, 0.1) is 12.7 Å². The molecule has 2 aromatic rings. The van der Waals surface area contributed by atoms with Crippen LogP contribution in [0.4, 0.5) is 0 Å². The van der Waals surface area contributed by atoms with Gasteiger partial charge < -0.3 is 9.94 Å². The first-order valence-corrected chi connectivity index (χ1v) is 4.90. The Hall–Kier alpha value is -1.81. The summed E-state index contributed by atoms with van der Waals surface area (Å²) in [5.41, 5.74) is 0.842. The van der Waals surface area contributed by atoms with Gasteiger partial charge in [-0.05, 0) is 18.2 Å². The first kappa shape index (κ1) is 10.7. The number of pyridine rings is 1. The fourth-order valence-electron chi connectivity index (χ4n) is 1.48. The highest BCUT2D eigenvalue weighted by Gasteiger charge is 2.10. The molecule has 0 aliphatic rings. The van der Waals surface area contributed by atoms with Gasteiger partial charge in [-0.2, -0.15) is 4.73 Å². The third kappa shape index (κ3) is 1.79. The molecule has 0 amide bonds. The molecule has 1 aromatic carbocycles. The minimum Gasteiger partial charge on any atom is -0.618 e. The number of esters is 1. The minimum absolute atomic E-state index is 0.324. The number of rotatable bonds is 1. The number of benzene rings is 1. The van der Waals surface area contributed by atoms with Crippen molar-refractivity contribution >= 4 is 28.5 Å². The van der Waals surface area contributed by atoms with Gasteiger partial charge in [-0.1, -0.05) is 11.6 Å². The lowest BCUT2D eigenvalue weighted by molar-refractivity contribution is -0.576. The Labute approximate surface area is 96.6 Å². The predicted molar refractivity (Wildman–Crippen MR) is 59.3 cm³/mol. The van der Waals surface area contributed by atoms with Crippen molar-refractivity contribution in [3.63, 3.8) is 0 Å². The summed E-state index contributed by atoms with van der Waals surface area (Å²) in [6.07, 6.45) is 1.27. The molecule has 0 bridgehead atoms. The largest absolute Gasteiger partial charge is 0.618 e. The van der Waals surface area contributed by atoms with E-state index >= 15 is 0 Å². The van der Waals surface area contributed by atoms with Gasteiger partial charge in [0, 0.05) is 11.5 Å². The number of carbonyl (C=O) groups excluding carboxylic acids is 1. The number of halogens is 1. The second-order valence-corrected chi connectivity index (χ2v) is 3.69. The van der Waals surface area contributed by atoms with Crippen LogP contribution >= 0.6 is 11.6 Å². The highest BCUT2D eigenvalue weighted by atomic mass is 35.5. The third-order valence-corrected chi connectivity index (χ3v) is 2.43. The van der Waals surface area contributed by atoms with Gasteiger partial charge in [-0.25, -0.2) is 4.79 Å². The molecule has 82 valence electrons. The molecule has 0 saturated carbocycles. The maximum Gasteiger partial charge on any atom is 0.337 e. The number of hydrogen-bond donors (Lipinski definition) is 0. The zero-order valence-electron chi connectivity index (χ0n) is 8.44. The summed E-state index contributed by atoms with van der Waals surface area (Å²) < 4.78 is 5.25. The Bertz CT molecular complexity index is 568. The molecule has 16 heavy (non-hydrogen) atoms. The predicted octanol–water partition coefficient (Wildman–Crippen LogP) is 1.91. The van der Waals surface area contributed by atoms with E-state index in [1.165, 1.54) is 19.4 Å². The molecule has 0 aliphatic carbocycles. The van der Waals surface area contributed by atoms with Crippen molar-refractivity contribution in [3.05, 3.63) is 46.3 Å². The Morgan fingerprint density at radius 1 is 1.44 bits per heavy atom. The molecule has 0 atom stereocenters. The summed E-state index contributed by atoms with van der Waals surface area (Å²) in [5.74, 6) is -0.445. The molecule has 2 rings (SSSR count). The van der Waals surface area contributed by atoms with E-state index in [0.717, 1.165) is 0 Å². The Balaban J connectivity index is 2.66. The van der Waals surface area contributed by atoms with Gasteiger partial charge in [0.15, 0.2) is 6.20 Å². The van der Waals surface area contributed by atoms with Crippen LogP contribution in [0.1, 0.15) is 10.4 Å². The lowest BCUT2D eigenvalue weighted by Gasteiger charge is -2.03. The summed E-state index contributed by atoms with van der Waals surface area (Å²) in [6.45, 7) is 0. The average molecular weight is 238 g/mol. The number of aromatic nitrogens is 1. The lowest BCUT2D eigenvalue weighted by Crippen LogP contribution is -2.26. The van der Waals surface area contributed by atoms with Crippen LogP contribution in [-0.4, -0.2) is 13.1 Å². The average Bonchev–Trinajstić information content (AvgIpc) is 2.27. The highest BCUT2D eigenvalue weighted by Crippen LogP contribution is 2.17. The van der Waals surface area contributed by atoms with Crippen LogP contribution in [0.3, 0.4) is 0 Å². The standard InChI is InChI=1S/C11H8ClNO3/c1-16-11(14)7-2-3-10-8(4-7)5-9(12)6-13(10)15/h2-6H,1H3. The number of hydrogen-bond acceptors (Lipinski definition) is 3. The maximum atomic E-state index is 11.5. The first-order valence-electron chi connectivity index (χ1n) is 4.52. The number of ether oxygens (including phenoxy) is 1. The lowest BCUT2D eigenvalue weighted by atomic mass is 10.1. The van der Waals surface area contributed by atoms with Gasteiger partial charge in [0.1, 0.15) is 5.02 Å². The molecule has 0 spiro atoms. The van der Waals surface area contributed by atoms with Crippen LogP contribution in [0, 0.1) is 5.21 Å². The summed E-state index contributed by atoms with van der Waals surface area (Å²) in [4.78, 5) is 11.3. The quantitative estimate of drug-likeness (QED) is 0.433. The number of methoxy groups -OCH3 is 1. The van der Waals surface area contributed by atoms with Crippen molar-refractivity contribution in [2.75, 3.05) is 7.11 Å². The van der Waals surface area contributed by atoms with Crippen LogP contribution < -0.4 is 4.73 Å². The van der Waals surface area contributed by atoms with E-state index in [1.807, 2.05) is 0 Å². The monoisotopic (exact) mass is 237 g/mol. The molecule has 1 aromatic heterocycles. The van der Waals surface area contributed by atoms with Gasteiger partial charge in [0.25, 0.3) is 0 Å². The van der Waals surface area contributed by atoms with Gasteiger partial charge in [-0.3, -0.25) is 0 Å². The molecular formula is C11H8ClNO3. The summed E-state index contributed by atoms with van der Waals surface area (Å²) in [5, 5.41) is 12.4. The van der Waals surface area contributed by atoms with E-state index in [4.69, 9.17) is 11.6 Å². The zero-order chi connectivity index (χ0) is 11.7. The Morgan fingerprint density at radius 3 is 2.88 bits per heavy atom. The maximum absolute atomic E-state index is 11.5. The first-order chi connectivity index (χ1) is 7.61. The molecule has 0 unspecified atom stereocenters. The molecule has 0 fully saturated rings. The SMILES string of the molecule is COC(=O)c1ccc2c(cc(Cl)c[n+]2[O-])c1. The molecular weight excluding hydrogens is 230 g/mol. The van der Waals surface area contributed by atoms with Crippen molar-refractivity contribution in [2.24, 2.45) is 0 Å². The Kier molecular flexibility index (Phi) is 2.66. The van der Waals surface area contributed by atoms with E-state index in [9.17, 15) is 10.0 Å². The fraction of sp³-hybridized carbons (Fsp3) is 0.0909. The van der Waals surface area contributed by atoms with Crippen LogP contribution in [0.5, 0.6) is 0 Å². The smallest absolute Gasteiger partial charge is 0.337 e. The van der Waals surface area contributed by atoms with Crippen molar-refractivity contribution in [1.29, 1.82) is 0 Å². The molecule has 4 nitrogen and oxygen atoms in total. The van der Waals surface area contributed by atoms with Crippen molar-refractivity contribution in [2.45, 2.75) is 0 Å². The van der Waals surface area contributed by atoms with Gasteiger partial charge >= 0.3 is 5.97 Å². The summed E-state index contributed by atoms with van der Waals surface area (Å²) in [7, 11) is 1.30. The second kappa shape index (κ2) is 3.98. The van der Waals surface area contributed by atoms with Crippen molar-refractivity contribution in [1.82, 2.24) is 0 Å². The number of nitrogens with zero attached hydrogens (tertiary/aromatic N) is 1. The van der Waals surface area contributed by atoms with E-state index in [2.05, 4.69) is 4.74 Å². The zero-order valence-corrected chi connectivity index (χ0v) is 9.19. The molecule has 0 aliphatic heterocycles. The van der Waals surface area contributed by atoms with Crippen LogP contribution in [0.25, 0.3) is 10.9 Å². The molecule has 0 saturated heterocycles. The molecule has 1 heterocycles. The van der Waals surface area contributed by atoms with Crippen LogP contribution in [0.2, 0.25) is 5.02 Å². The fourth-order valence-corrected chi connectivity index (χ4v) is 1.69. The van der Waals surface area contributed by atoms with E-state index in [0.29, 0.717) is 26.2 Å². The molecule has 0 N–H and O–H groups in total. The molecule has 5 heteroatoms. The topological polar surface area (TPSA) is 53.2 Å². The number of fused-ring (bicyclic) bond motifs is 1. The summed E-state index contributed by atoms with van der Waals surface area (Å²) in [6, 6.07) is 6.29. The number of carbonyl (C=O) groups is 1. The van der Waals surface area contributed by atoms with Crippen molar-refractivity contribution in [3.8, 4) is 0 Å². The van der Waals surface area contributed by atoms with Gasteiger partial charge in [-0.15, -0.1) is 0 Å². The van der Waals surface area contributed by atoms with Crippen LogP contribution in [-0.2, 0) is 4.74 Å². The minimum atomic E-state index is -0.445. The van der Waals surface area contributed by atoms with Crippen LogP contribution in [0.15, 0.2) is 30.5 Å². The van der Waals surface area contributed by atoms with Gasteiger partial charge in [0.2, 0.25) is 5.52 Å². The Morgan fingerprint density at radius 2 is 2.19 bits per heavy atom. The second-order valence-electron chi connectivity index (χ2n) is 3.25. The van der Waals surface area contributed by atoms with E-state index in [1.54, 1.807) is 18.2 Å².